The predicted molar refractivity (Wildman–Crippen MR) is 93.1 cm³/mol. The molecule has 0 aromatic rings. The maximum absolute atomic E-state index is 12.6. The number of carbonyl (C=O) groups excluding carboxylic acids is 2. The van der Waals surface area contributed by atoms with Crippen LogP contribution in [0.2, 0.25) is 0 Å². The number of carbonyl (C=O) groups is 2. The van der Waals surface area contributed by atoms with Crippen LogP contribution in [0.25, 0.3) is 0 Å². The summed E-state index contributed by atoms with van der Waals surface area (Å²) in [4.78, 5) is 29.1. The van der Waals surface area contributed by atoms with E-state index in [4.69, 9.17) is 4.74 Å². The number of hydrogen-bond acceptors (Lipinski definition) is 5. The van der Waals surface area contributed by atoms with Gasteiger partial charge in [-0.05, 0) is 25.7 Å². The van der Waals surface area contributed by atoms with Crippen LogP contribution in [0.5, 0.6) is 0 Å². The quantitative estimate of drug-likeness (QED) is 0.704. The Bertz CT molecular complexity index is 497. The summed E-state index contributed by atoms with van der Waals surface area (Å²) in [5, 5.41) is 6.82. The zero-order valence-corrected chi connectivity index (χ0v) is 14.9. The highest BCUT2D eigenvalue weighted by atomic mass is 16.5. The van der Waals surface area contributed by atoms with E-state index in [1.54, 1.807) is 0 Å². The van der Waals surface area contributed by atoms with E-state index in [0.717, 1.165) is 52.2 Å². The molecule has 0 spiro atoms. The number of fused-ring (bicyclic) bond motifs is 2. The van der Waals surface area contributed by atoms with Gasteiger partial charge in [0.05, 0.1) is 19.1 Å². The zero-order valence-electron chi connectivity index (χ0n) is 14.9. The molecule has 3 atom stereocenters. The third kappa shape index (κ3) is 4.15. The Morgan fingerprint density at radius 1 is 1.16 bits per heavy atom. The fourth-order valence-corrected chi connectivity index (χ4v) is 4.74. The topological polar surface area (TPSA) is 73.9 Å². The normalized spacial score (nSPS) is 36.0. The number of nitrogens with zero attached hydrogens (tertiary/aromatic N) is 2. The van der Waals surface area contributed by atoms with Gasteiger partial charge in [-0.2, -0.15) is 0 Å². The van der Waals surface area contributed by atoms with Gasteiger partial charge in [0.15, 0.2) is 0 Å². The Kier molecular flexibility index (Phi) is 5.24. The van der Waals surface area contributed by atoms with Crippen LogP contribution in [0, 0.1) is 5.92 Å². The fourth-order valence-electron chi connectivity index (χ4n) is 4.74. The molecule has 7 nitrogen and oxygen atoms in total. The molecule has 0 radical (unpaired) electrons. The molecule has 2 amide bonds. The van der Waals surface area contributed by atoms with Gasteiger partial charge < -0.3 is 20.3 Å². The SMILES string of the molecule is O=C(NC1CC2CCC(C1)N2)C1CC(=O)N(CCN2CCOCC2)C1. The van der Waals surface area contributed by atoms with Crippen molar-refractivity contribution in [1.82, 2.24) is 20.4 Å². The van der Waals surface area contributed by atoms with Gasteiger partial charge in [0.2, 0.25) is 11.8 Å². The van der Waals surface area contributed by atoms with E-state index in [-0.39, 0.29) is 23.8 Å². The average Bonchev–Trinajstić information content (AvgIpc) is 3.16. The Balaban J connectivity index is 1.23. The van der Waals surface area contributed by atoms with Crippen molar-refractivity contribution < 1.29 is 14.3 Å². The van der Waals surface area contributed by atoms with E-state index in [2.05, 4.69) is 15.5 Å². The van der Waals surface area contributed by atoms with Gasteiger partial charge >= 0.3 is 0 Å². The van der Waals surface area contributed by atoms with Crippen LogP contribution in [0.1, 0.15) is 32.1 Å². The number of ether oxygens (including phenoxy) is 1. The van der Waals surface area contributed by atoms with Crippen molar-refractivity contribution in [3.8, 4) is 0 Å². The second-order valence-corrected chi connectivity index (χ2v) is 8.01. The van der Waals surface area contributed by atoms with Gasteiger partial charge in [0, 0.05) is 57.3 Å². The molecule has 4 fully saturated rings. The third-order valence-electron chi connectivity index (χ3n) is 6.19. The smallest absolute Gasteiger partial charge is 0.225 e. The van der Waals surface area contributed by atoms with Gasteiger partial charge in [-0.25, -0.2) is 0 Å². The molecule has 3 unspecified atom stereocenters. The van der Waals surface area contributed by atoms with E-state index in [0.29, 0.717) is 25.0 Å². The first-order chi connectivity index (χ1) is 12.2. The zero-order chi connectivity index (χ0) is 17.2. The number of amides is 2. The standard InChI is InChI=1S/C18H30N4O3/c23-17-9-13(12-22(17)4-3-21-5-7-25-8-6-21)18(24)20-16-10-14-1-2-15(11-16)19-14/h13-16,19H,1-12H2,(H,20,24). The van der Waals surface area contributed by atoms with E-state index in [1.165, 1.54) is 12.8 Å². The first-order valence-corrected chi connectivity index (χ1v) is 9.81. The predicted octanol–water partition coefficient (Wildman–Crippen LogP) is -0.434. The minimum absolute atomic E-state index is 0.0773. The third-order valence-corrected chi connectivity index (χ3v) is 6.19. The number of hydrogen-bond donors (Lipinski definition) is 2. The van der Waals surface area contributed by atoms with Crippen LogP contribution < -0.4 is 10.6 Å². The second-order valence-electron chi connectivity index (χ2n) is 8.01. The van der Waals surface area contributed by atoms with Crippen LogP contribution in [-0.2, 0) is 14.3 Å². The summed E-state index contributed by atoms with van der Waals surface area (Å²) >= 11 is 0. The van der Waals surface area contributed by atoms with E-state index in [1.807, 2.05) is 4.90 Å². The maximum atomic E-state index is 12.6. The van der Waals surface area contributed by atoms with Crippen LogP contribution in [0.15, 0.2) is 0 Å². The first kappa shape index (κ1) is 17.2. The number of rotatable bonds is 5. The van der Waals surface area contributed by atoms with Crippen molar-refractivity contribution in [2.75, 3.05) is 45.9 Å². The molecule has 4 saturated heterocycles. The Morgan fingerprint density at radius 3 is 2.60 bits per heavy atom. The lowest BCUT2D eigenvalue weighted by atomic mass is 9.98. The molecule has 0 aromatic heterocycles. The molecule has 7 heteroatoms. The van der Waals surface area contributed by atoms with Crippen molar-refractivity contribution in [2.24, 2.45) is 5.92 Å². The number of likely N-dealkylation sites (tertiary alicyclic amines) is 1. The highest BCUT2D eigenvalue weighted by molar-refractivity contribution is 5.89. The second kappa shape index (κ2) is 7.60. The molecular formula is C18H30N4O3. The fraction of sp³-hybridized carbons (Fsp3) is 0.889. The Hall–Kier alpha value is -1.18. The van der Waals surface area contributed by atoms with Crippen molar-refractivity contribution in [3.63, 3.8) is 0 Å². The molecule has 140 valence electrons. The molecule has 0 aliphatic carbocycles. The molecule has 4 rings (SSSR count). The van der Waals surface area contributed by atoms with E-state index < -0.39 is 0 Å². The molecule has 2 N–H and O–H groups in total. The average molecular weight is 350 g/mol. The van der Waals surface area contributed by atoms with Crippen LogP contribution in [0.3, 0.4) is 0 Å². The van der Waals surface area contributed by atoms with Crippen molar-refractivity contribution in [2.45, 2.75) is 50.2 Å². The summed E-state index contributed by atoms with van der Waals surface area (Å²) in [7, 11) is 0. The monoisotopic (exact) mass is 350 g/mol. The number of nitrogens with one attached hydrogen (secondary N) is 2. The number of piperidine rings is 1. The van der Waals surface area contributed by atoms with Crippen LogP contribution in [0.4, 0.5) is 0 Å². The minimum Gasteiger partial charge on any atom is -0.379 e. The first-order valence-electron chi connectivity index (χ1n) is 9.81. The lowest BCUT2D eigenvalue weighted by Gasteiger charge is -2.30. The molecule has 4 heterocycles. The molecule has 4 aliphatic heterocycles. The lowest BCUT2D eigenvalue weighted by molar-refractivity contribution is -0.129. The molecule has 2 bridgehead atoms. The maximum Gasteiger partial charge on any atom is 0.225 e. The van der Waals surface area contributed by atoms with Crippen molar-refractivity contribution >= 4 is 11.8 Å². The molecular weight excluding hydrogens is 320 g/mol. The molecule has 4 aliphatic rings. The lowest BCUT2D eigenvalue weighted by Crippen LogP contribution is -2.49. The van der Waals surface area contributed by atoms with Gasteiger partial charge in [-0.1, -0.05) is 0 Å². The molecule has 0 saturated carbocycles. The summed E-state index contributed by atoms with van der Waals surface area (Å²) in [5.74, 6) is 0.0250. The van der Waals surface area contributed by atoms with Crippen molar-refractivity contribution in [1.29, 1.82) is 0 Å². The summed E-state index contributed by atoms with van der Waals surface area (Å²) in [5.41, 5.74) is 0. The van der Waals surface area contributed by atoms with Gasteiger partial charge in [-0.15, -0.1) is 0 Å². The highest BCUT2D eigenvalue weighted by Gasteiger charge is 2.38. The Morgan fingerprint density at radius 2 is 1.88 bits per heavy atom. The van der Waals surface area contributed by atoms with Gasteiger partial charge in [-0.3, -0.25) is 14.5 Å². The summed E-state index contributed by atoms with van der Waals surface area (Å²) in [6, 6.07) is 1.42. The summed E-state index contributed by atoms with van der Waals surface area (Å²) in [6.45, 7) is 5.59. The van der Waals surface area contributed by atoms with Gasteiger partial charge in [0.1, 0.15) is 0 Å². The van der Waals surface area contributed by atoms with Crippen LogP contribution in [-0.4, -0.2) is 85.7 Å². The van der Waals surface area contributed by atoms with E-state index >= 15 is 0 Å². The Labute approximate surface area is 149 Å². The summed E-state index contributed by atoms with van der Waals surface area (Å²) in [6.07, 6.45) is 4.89. The summed E-state index contributed by atoms with van der Waals surface area (Å²) < 4.78 is 5.35. The largest absolute Gasteiger partial charge is 0.379 e. The number of morpholine rings is 1. The van der Waals surface area contributed by atoms with Crippen molar-refractivity contribution in [3.05, 3.63) is 0 Å². The minimum atomic E-state index is -0.176. The van der Waals surface area contributed by atoms with Crippen LogP contribution >= 0.6 is 0 Å². The molecule has 25 heavy (non-hydrogen) atoms. The highest BCUT2D eigenvalue weighted by Crippen LogP contribution is 2.27. The van der Waals surface area contributed by atoms with E-state index in [9.17, 15) is 9.59 Å². The van der Waals surface area contributed by atoms with Gasteiger partial charge in [0.25, 0.3) is 0 Å². The molecule has 0 aromatic carbocycles.